The lowest BCUT2D eigenvalue weighted by Crippen LogP contribution is -2.48. The van der Waals surface area contributed by atoms with Crippen molar-refractivity contribution in [2.75, 3.05) is 13.6 Å². The molecule has 2 amide bonds. The van der Waals surface area contributed by atoms with Crippen molar-refractivity contribution in [2.45, 2.75) is 26.3 Å². The van der Waals surface area contributed by atoms with Crippen LogP contribution < -0.4 is 0 Å². The predicted molar refractivity (Wildman–Crippen MR) is 48.8 cm³/mol. The van der Waals surface area contributed by atoms with Crippen molar-refractivity contribution in [2.24, 2.45) is 0 Å². The zero-order chi connectivity index (χ0) is 9.30. The minimum absolute atomic E-state index is 0.0706. The van der Waals surface area contributed by atoms with Crippen LogP contribution in [0.2, 0.25) is 0 Å². The fourth-order valence-electron chi connectivity index (χ4n) is 1.42. The maximum Gasteiger partial charge on any atom is 0.324 e. The van der Waals surface area contributed by atoms with Crippen molar-refractivity contribution in [3.63, 3.8) is 0 Å². The van der Waals surface area contributed by atoms with Gasteiger partial charge in [0.05, 0.1) is 0 Å². The molecular weight excluding hydrogens is 152 g/mol. The molecule has 1 fully saturated rings. The molecule has 0 aromatic heterocycles. The van der Waals surface area contributed by atoms with Crippen molar-refractivity contribution in [1.82, 2.24) is 9.80 Å². The molecule has 1 heterocycles. The molecule has 0 unspecified atom stereocenters. The Morgan fingerprint density at radius 2 is 2.08 bits per heavy atom. The molecule has 0 aromatic carbocycles. The van der Waals surface area contributed by atoms with Crippen LogP contribution >= 0.6 is 0 Å². The van der Waals surface area contributed by atoms with E-state index >= 15 is 0 Å². The lowest BCUT2D eigenvalue weighted by Gasteiger charge is -2.37. The summed E-state index contributed by atoms with van der Waals surface area (Å²) in [4.78, 5) is 15.1. The lowest BCUT2D eigenvalue weighted by molar-refractivity contribution is 0.148. The molecule has 1 rings (SSSR count). The van der Waals surface area contributed by atoms with E-state index in [0.29, 0.717) is 0 Å². The summed E-state index contributed by atoms with van der Waals surface area (Å²) in [6.45, 7) is 8.68. The van der Waals surface area contributed by atoms with Crippen molar-refractivity contribution in [3.05, 3.63) is 12.3 Å². The number of carbonyl (C=O) groups is 1. The summed E-state index contributed by atoms with van der Waals surface area (Å²) < 4.78 is 0. The van der Waals surface area contributed by atoms with Gasteiger partial charge in [0.25, 0.3) is 0 Å². The van der Waals surface area contributed by atoms with E-state index in [1.807, 2.05) is 20.9 Å². The number of hydrogen-bond donors (Lipinski definition) is 0. The van der Waals surface area contributed by atoms with Crippen molar-refractivity contribution in [3.8, 4) is 0 Å². The minimum atomic E-state index is 0.0706. The molecule has 0 saturated carbocycles. The van der Waals surface area contributed by atoms with E-state index in [0.717, 1.165) is 18.7 Å². The maximum atomic E-state index is 11.6. The molecule has 1 saturated heterocycles. The quantitative estimate of drug-likeness (QED) is 0.584. The number of rotatable bonds is 1. The van der Waals surface area contributed by atoms with Gasteiger partial charge < -0.3 is 4.90 Å². The van der Waals surface area contributed by atoms with Gasteiger partial charge in [0.15, 0.2) is 0 Å². The minimum Gasteiger partial charge on any atom is -0.327 e. The second-order valence-corrected chi connectivity index (χ2v) is 3.48. The Bertz CT molecular complexity index is 211. The monoisotopic (exact) mass is 168 g/mol. The van der Waals surface area contributed by atoms with Crippen LogP contribution in [0.3, 0.4) is 0 Å². The van der Waals surface area contributed by atoms with Gasteiger partial charge in [-0.1, -0.05) is 6.58 Å². The van der Waals surface area contributed by atoms with Gasteiger partial charge in [0.2, 0.25) is 0 Å². The van der Waals surface area contributed by atoms with Crippen LogP contribution in [0.5, 0.6) is 0 Å². The first-order valence-electron chi connectivity index (χ1n) is 4.26. The Labute approximate surface area is 73.6 Å². The lowest BCUT2D eigenvalue weighted by atomic mass is 10.2. The summed E-state index contributed by atoms with van der Waals surface area (Å²) in [6.07, 6.45) is 0.889. The van der Waals surface area contributed by atoms with Gasteiger partial charge in [-0.15, -0.1) is 0 Å². The fraction of sp³-hybridized carbons (Fsp3) is 0.667. The van der Waals surface area contributed by atoms with Gasteiger partial charge in [-0.05, 0) is 13.8 Å². The summed E-state index contributed by atoms with van der Waals surface area (Å²) in [6, 6.07) is 0.286. The standard InChI is InChI=1S/C9H16N2O/c1-7(2)11-8(3)5-6-10(4)9(11)12/h7H,3,5-6H2,1-2,4H3. The Balaban J connectivity index is 2.79. The van der Waals surface area contributed by atoms with Gasteiger partial charge in [-0.2, -0.15) is 0 Å². The highest BCUT2D eigenvalue weighted by Gasteiger charge is 2.27. The first-order valence-corrected chi connectivity index (χ1v) is 4.26. The van der Waals surface area contributed by atoms with Crippen molar-refractivity contribution < 1.29 is 4.79 Å². The second-order valence-electron chi connectivity index (χ2n) is 3.48. The summed E-state index contributed by atoms with van der Waals surface area (Å²) in [7, 11) is 1.82. The molecule has 0 aromatic rings. The molecule has 0 aliphatic carbocycles. The van der Waals surface area contributed by atoms with Gasteiger partial charge in [-0.3, -0.25) is 4.90 Å². The van der Waals surface area contributed by atoms with Gasteiger partial charge in [0.1, 0.15) is 0 Å². The van der Waals surface area contributed by atoms with Crippen LogP contribution in [0.4, 0.5) is 4.79 Å². The summed E-state index contributed by atoms with van der Waals surface area (Å²) in [5.74, 6) is 0. The molecule has 0 spiro atoms. The molecule has 0 N–H and O–H groups in total. The molecular formula is C9H16N2O. The first kappa shape index (κ1) is 9.10. The SMILES string of the molecule is C=C1CCN(C)C(=O)N1C(C)C. The molecule has 0 radical (unpaired) electrons. The van der Waals surface area contributed by atoms with E-state index in [4.69, 9.17) is 0 Å². The van der Waals surface area contributed by atoms with Crippen LogP contribution in [-0.4, -0.2) is 35.5 Å². The number of urea groups is 1. The third-order valence-electron chi connectivity index (χ3n) is 2.13. The molecule has 1 aliphatic heterocycles. The molecule has 68 valence electrons. The predicted octanol–water partition coefficient (Wildman–Crippen LogP) is 1.67. The van der Waals surface area contributed by atoms with E-state index in [1.165, 1.54) is 0 Å². The third-order valence-corrected chi connectivity index (χ3v) is 2.13. The normalized spacial score (nSPS) is 19.3. The highest BCUT2D eigenvalue weighted by molar-refractivity contribution is 5.77. The number of hydrogen-bond acceptors (Lipinski definition) is 1. The van der Waals surface area contributed by atoms with Gasteiger partial charge in [0, 0.05) is 31.8 Å². The van der Waals surface area contributed by atoms with E-state index in [2.05, 4.69) is 6.58 Å². The van der Waals surface area contributed by atoms with Crippen molar-refractivity contribution in [1.29, 1.82) is 0 Å². The molecule has 3 nitrogen and oxygen atoms in total. The zero-order valence-corrected chi connectivity index (χ0v) is 8.00. The molecule has 0 bridgehead atoms. The van der Waals surface area contributed by atoms with E-state index < -0.39 is 0 Å². The highest BCUT2D eigenvalue weighted by Crippen LogP contribution is 2.19. The van der Waals surface area contributed by atoms with Crippen molar-refractivity contribution >= 4 is 6.03 Å². The maximum absolute atomic E-state index is 11.6. The first-order chi connectivity index (χ1) is 5.54. The topological polar surface area (TPSA) is 23.6 Å². The summed E-state index contributed by atoms with van der Waals surface area (Å²) in [5, 5.41) is 0. The Hall–Kier alpha value is -0.990. The summed E-state index contributed by atoms with van der Waals surface area (Å²) in [5.41, 5.74) is 0.938. The van der Waals surface area contributed by atoms with Gasteiger partial charge in [-0.25, -0.2) is 4.79 Å². The average molecular weight is 168 g/mol. The molecule has 1 aliphatic rings. The Morgan fingerprint density at radius 3 is 2.50 bits per heavy atom. The number of nitrogens with zero attached hydrogens (tertiary/aromatic N) is 2. The zero-order valence-electron chi connectivity index (χ0n) is 8.00. The molecule has 0 atom stereocenters. The van der Waals surface area contributed by atoms with E-state index in [1.54, 1.807) is 9.80 Å². The van der Waals surface area contributed by atoms with E-state index in [9.17, 15) is 4.79 Å². The third kappa shape index (κ3) is 1.44. The second kappa shape index (κ2) is 3.17. The number of amides is 2. The van der Waals surface area contributed by atoms with Crippen LogP contribution in [0.1, 0.15) is 20.3 Å². The smallest absolute Gasteiger partial charge is 0.324 e. The van der Waals surface area contributed by atoms with Gasteiger partial charge >= 0.3 is 6.03 Å². The van der Waals surface area contributed by atoms with Crippen LogP contribution in [0.15, 0.2) is 12.3 Å². The Morgan fingerprint density at radius 1 is 1.50 bits per heavy atom. The van der Waals surface area contributed by atoms with Crippen LogP contribution in [0.25, 0.3) is 0 Å². The van der Waals surface area contributed by atoms with Crippen LogP contribution in [-0.2, 0) is 0 Å². The van der Waals surface area contributed by atoms with E-state index in [-0.39, 0.29) is 12.1 Å². The Kier molecular flexibility index (Phi) is 2.40. The average Bonchev–Trinajstić information content (AvgIpc) is 1.97. The molecule has 12 heavy (non-hydrogen) atoms. The van der Waals surface area contributed by atoms with Crippen LogP contribution in [0, 0.1) is 0 Å². The largest absolute Gasteiger partial charge is 0.327 e. The molecule has 3 heteroatoms. The fourth-order valence-corrected chi connectivity index (χ4v) is 1.42. The number of carbonyl (C=O) groups excluding carboxylic acids is 1. The highest BCUT2D eigenvalue weighted by atomic mass is 16.2. The summed E-state index contributed by atoms with van der Waals surface area (Å²) >= 11 is 0.